The summed E-state index contributed by atoms with van der Waals surface area (Å²) < 4.78 is 18.5. The molecular weight excluding hydrogens is 285 g/mol. The summed E-state index contributed by atoms with van der Waals surface area (Å²) in [4.78, 5) is 16.1. The molecule has 0 radical (unpaired) electrons. The maximum absolute atomic E-state index is 13.5. The first-order valence-corrected chi connectivity index (χ1v) is 6.94. The molecule has 0 saturated heterocycles. The van der Waals surface area contributed by atoms with Gasteiger partial charge in [-0.25, -0.2) is 4.39 Å². The van der Waals surface area contributed by atoms with E-state index in [4.69, 9.17) is 4.74 Å². The van der Waals surface area contributed by atoms with Gasteiger partial charge in [-0.3, -0.25) is 9.78 Å². The average Bonchev–Trinajstić information content (AvgIpc) is 2.54. The molecule has 1 aromatic carbocycles. The molecule has 0 bridgehead atoms. The molecule has 116 valence electrons. The fraction of sp³-hybridized carbons (Fsp3) is 0.250. The second-order valence-electron chi connectivity index (χ2n) is 4.67. The first-order valence-electron chi connectivity index (χ1n) is 6.94. The number of benzene rings is 1. The van der Waals surface area contributed by atoms with Gasteiger partial charge in [0, 0.05) is 32.7 Å². The fourth-order valence-corrected chi connectivity index (χ4v) is 1.87. The van der Waals surface area contributed by atoms with Gasteiger partial charge in [0.2, 0.25) is 0 Å². The zero-order chi connectivity index (χ0) is 15.8. The summed E-state index contributed by atoms with van der Waals surface area (Å²) in [5.74, 6) is -0.879. The summed E-state index contributed by atoms with van der Waals surface area (Å²) in [5, 5.41) is 5.68. The second kappa shape index (κ2) is 8.09. The number of rotatable bonds is 7. The summed E-state index contributed by atoms with van der Waals surface area (Å²) in [6, 6.07) is 7.70. The number of carbonyl (C=O) groups excluding carboxylic acids is 1. The van der Waals surface area contributed by atoms with Crippen molar-refractivity contribution in [1.82, 2.24) is 4.98 Å². The number of para-hydroxylation sites is 1. The van der Waals surface area contributed by atoms with Crippen LogP contribution in [0.4, 0.5) is 15.8 Å². The number of anilines is 2. The van der Waals surface area contributed by atoms with E-state index in [1.165, 1.54) is 18.3 Å². The maximum atomic E-state index is 13.5. The molecule has 0 aliphatic carbocycles. The molecule has 5 nitrogen and oxygen atoms in total. The Labute approximate surface area is 128 Å². The van der Waals surface area contributed by atoms with Crippen molar-refractivity contribution in [1.29, 1.82) is 0 Å². The number of nitrogens with one attached hydrogen (secondary N) is 2. The summed E-state index contributed by atoms with van der Waals surface area (Å²) in [5.41, 5.74) is 1.24. The Hall–Kier alpha value is -2.47. The zero-order valence-corrected chi connectivity index (χ0v) is 12.3. The van der Waals surface area contributed by atoms with Crippen molar-refractivity contribution in [2.75, 3.05) is 30.9 Å². The molecule has 2 aromatic rings. The highest BCUT2D eigenvalue weighted by Gasteiger charge is 2.09. The van der Waals surface area contributed by atoms with Gasteiger partial charge in [-0.1, -0.05) is 12.1 Å². The largest absolute Gasteiger partial charge is 0.385 e. The minimum absolute atomic E-state index is 0.144. The Bertz CT molecular complexity index is 634. The van der Waals surface area contributed by atoms with Gasteiger partial charge in [0.25, 0.3) is 5.91 Å². The molecule has 0 spiro atoms. The van der Waals surface area contributed by atoms with Gasteiger partial charge in [0.05, 0.1) is 16.9 Å². The Morgan fingerprint density at radius 1 is 1.32 bits per heavy atom. The van der Waals surface area contributed by atoms with E-state index in [9.17, 15) is 9.18 Å². The predicted molar refractivity (Wildman–Crippen MR) is 83.6 cm³/mol. The molecule has 1 heterocycles. The summed E-state index contributed by atoms with van der Waals surface area (Å²) >= 11 is 0. The molecule has 0 fully saturated rings. The highest BCUT2D eigenvalue weighted by molar-refractivity contribution is 6.04. The second-order valence-corrected chi connectivity index (χ2v) is 4.67. The van der Waals surface area contributed by atoms with Crippen molar-refractivity contribution < 1.29 is 13.9 Å². The quantitative estimate of drug-likeness (QED) is 0.772. The van der Waals surface area contributed by atoms with Crippen molar-refractivity contribution in [3.05, 3.63) is 54.1 Å². The van der Waals surface area contributed by atoms with Crippen molar-refractivity contribution in [3.8, 4) is 0 Å². The third kappa shape index (κ3) is 4.53. The predicted octanol–water partition coefficient (Wildman–Crippen LogP) is 2.92. The van der Waals surface area contributed by atoms with E-state index < -0.39 is 11.7 Å². The molecule has 0 atom stereocenters. The molecule has 2 rings (SSSR count). The Kier molecular flexibility index (Phi) is 5.85. The minimum atomic E-state index is -0.474. The van der Waals surface area contributed by atoms with Crippen LogP contribution in [-0.4, -0.2) is 31.2 Å². The van der Waals surface area contributed by atoms with E-state index in [0.29, 0.717) is 18.7 Å². The maximum Gasteiger partial charge on any atom is 0.257 e. The van der Waals surface area contributed by atoms with Crippen LogP contribution in [0.3, 0.4) is 0 Å². The molecule has 2 N–H and O–H groups in total. The van der Waals surface area contributed by atoms with Gasteiger partial charge in [0.1, 0.15) is 5.82 Å². The van der Waals surface area contributed by atoms with Crippen molar-refractivity contribution in [3.63, 3.8) is 0 Å². The highest BCUT2D eigenvalue weighted by Crippen LogP contribution is 2.15. The number of nitrogens with zero attached hydrogens (tertiary/aromatic N) is 1. The lowest BCUT2D eigenvalue weighted by Gasteiger charge is -2.09. The Morgan fingerprint density at radius 2 is 2.14 bits per heavy atom. The molecule has 0 unspecified atom stereocenters. The van der Waals surface area contributed by atoms with E-state index >= 15 is 0 Å². The third-order valence-corrected chi connectivity index (χ3v) is 2.98. The van der Waals surface area contributed by atoms with Crippen molar-refractivity contribution in [2.45, 2.75) is 6.42 Å². The van der Waals surface area contributed by atoms with Gasteiger partial charge >= 0.3 is 0 Å². The average molecular weight is 303 g/mol. The van der Waals surface area contributed by atoms with Crippen LogP contribution in [0.25, 0.3) is 0 Å². The summed E-state index contributed by atoms with van der Waals surface area (Å²) in [6.45, 7) is 1.38. The summed E-state index contributed by atoms with van der Waals surface area (Å²) in [6.07, 6.45) is 3.92. The van der Waals surface area contributed by atoms with Gasteiger partial charge in [-0.15, -0.1) is 0 Å². The molecule has 0 aliphatic rings. The van der Waals surface area contributed by atoms with Crippen LogP contribution in [0, 0.1) is 5.82 Å². The number of halogens is 1. The van der Waals surface area contributed by atoms with Gasteiger partial charge < -0.3 is 15.4 Å². The smallest absolute Gasteiger partial charge is 0.257 e. The van der Waals surface area contributed by atoms with Gasteiger partial charge in [-0.2, -0.15) is 0 Å². The molecule has 1 aromatic heterocycles. The topological polar surface area (TPSA) is 63.2 Å². The molecule has 0 aliphatic heterocycles. The van der Waals surface area contributed by atoms with Gasteiger partial charge in [-0.05, 0) is 24.6 Å². The molecule has 22 heavy (non-hydrogen) atoms. The monoisotopic (exact) mass is 303 g/mol. The van der Waals surface area contributed by atoms with Crippen LogP contribution < -0.4 is 10.6 Å². The van der Waals surface area contributed by atoms with E-state index in [1.54, 1.807) is 31.5 Å². The van der Waals surface area contributed by atoms with Gasteiger partial charge in [0.15, 0.2) is 0 Å². The molecule has 1 amide bonds. The minimum Gasteiger partial charge on any atom is -0.385 e. The SMILES string of the molecule is COCCCNc1cncc(C(=O)Nc2ccccc2F)c1. The van der Waals surface area contributed by atoms with E-state index in [-0.39, 0.29) is 5.69 Å². The number of methoxy groups -OCH3 is 1. The third-order valence-electron chi connectivity index (χ3n) is 2.98. The number of hydrogen-bond donors (Lipinski definition) is 2. The molecular formula is C16H18FN3O2. The van der Waals surface area contributed by atoms with Crippen molar-refractivity contribution in [2.24, 2.45) is 0 Å². The normalized spacial score (nSPS) is 10.3. The highest BCUT2D eigenvalue weighted by atomic mass is 19.1. The number of carbonyl (C=O) groups is 1. The van der Waals surface area contributed by atoms with E-state index in [2.05, 4.69) is 15.6 Å². The van der Waals surface area contributed by atoms with Crippen LogP contribution in [0.2, 0.25) is 0 Å². The summed E-state index contributed by atoms with van der Waals surface area (Å²) in [7, 11) is 1.65. The fourth-order valence-electron chi connectivity index (χ4n) is 1.87. The Balaban J connectivity index is 1.99. The first-order chi connectivity index (χ1) is 10.7. The lowest BCUT2D eigenvalue weighted by molar-refractivity contribution is 0.102. The molecule has 0 saturated carbocycles. The number of amides is 1. The molecule has 6 heteroatoms. The first kappa shape index (κ1) is 15.9. The van der Waals surface area contributed by atoms with Crippen LogP contribution in [0.15, 0.2) is 42.7 Å². The van der Waals surface area contributed by atoms with Crippen LogP contribution in [-0.2, 0) is 4.74 Å². The standard InChI is InChI=1S/C16H18FN3O2/c1-22-8-4-7-19-13-9-12(10-18-11-13)16(21)20-15-6-3-2-5-14(15)17/h2-3,5-6,9-11,19H,4,7-8H2,1H3,(H,20,21). The Morgan fingerprint density at radius 3 is 2.91 bits per heavy atom. The lowest BCUT2D eigenvalue weighted by atomic mass is 10.2. The van der Waals surface area contributed by atoms with E-state index in [1.807, 2.05) is 0 Å². The number of pyridine rings is 1. The van der Waals surface area contributed by atoms with E-state index in [0.717, 1.165) is 12.1 Å². The van der Waals surface area contributed by atoms with Crippen LogP contribution in [0.5, 0.6) is 0 Å². The number of ether oxygens (including phenoxy) is 1. The van der Waals surface area contributed by atoms with Crippen LogP contribution >= 0.6 is 0 Å². The number of aromatic nitrogens is 1. The van der Waals surface area contributed by atoms with Crippen molar-refractivity contribution >= 4 is 17.3 Å². The zero-order valence-electron chi connectivity index (χ0n) is 12.3. The number of hydrogen-bond acceptors (Lipinski definition) is 4. The van der Waals surface area contributed by atoms with Crippen LogP contribution in [0.1, 0.15) is 16.8 Å². The lowest BCUT2D eigenvalue weighted by Crippen LogP contribution is -2.14.